The fraction of sp³-hybridized carbons (Fsp3) is 0.440. The first-order valence-corrected chi connectivity index (χ1v) is 11.9. The van der Waals surface area contributed by atoms with E-state index in [1.807, 2.05) is 12.1 Å². The summed E-state index contributed by atoms with van der Waals surface area (Å²) in [6, 6.07) is 7.22. The molecule has 3 aromatic rings. The Labute approximate surface area is 197 Å². The molecule has 1 unspecified atom stereocenters. The van der Waals surface area contributed by atoms with Crippen molar-refractivity contribution in [1.82, 2.24) is 19.8 Å². The van der Waals surface area contributed by atoms with Crippen molar-refractivity contribution in [3.63, 3.8) is 0 Å². The number of benzene rings is 1. The second-order valence-corrected chi connectivity index (χ2v) is 9.10. The molecule has 2 aliphatic heterocycles. The minimum absolute atomic E-state index is 0.0829. The van der Waals surface area contributed by atoms with Gasteiger partial charge in [-0.25, -0.2) is 13.3 Å². The van der Waals surface area contributed by atoms with Crippen LogP contribution in [0.5, 0.6) is 0 Å². The first kappa shape index (κ1) is 22.7. The summed E-state index contributed by atoms with van der Waals surface area (Å²) in [6.07, 6.45) is 6.64. The number of carbonyl (C=O) groups is 1. The van der Waals surface area contributed by atoms with E-state index in [0.29, 0.717) is 23.2 Å². The van der Waals surface area contributed by atoms with E-state index >= 15 is 0 Å². The Kier molecular flexibility index (Phi) is 6.47. The Hall–Kier alpha value is -3.04. The van der Waals surface area contributed by atoms with Gasteiger partial charge in [-0.3, -0.25) is 4.79 Å². The van der Waals surface area contributed by atoms with Gasteiger partial charge in [0.25, 0.3) is 5.91 Å². The van der Waals surface area contributed by atoms with Crippen LogP contribution in [0.1, 0.15) is 47.6 Å². The third kappa shape index (κ3) is 4.50. The van der Waals surface area contributed by atoms with Crippen molar-refractivity contribution in [2.45, 2.75) is 37.8 Å². The van der Waals surface area contributed by atoms with Gasteiger partial charge in [-0.1, -0.05) is 0 Å². The van der Waals surface area contributed by atoms with Gasteiger partial charge in [0.15, 0.2) is 0 Å². The highest BCUT2D eigenvalue weighted by molar-refractivity contribution is 6.01. The molecule has 9 heteroatoms. The quantitative estimate of drug-likeness (QED) is 0.580. The van der Waals surface area contributed by atoms with Crippen LogP contribution in [0.4, 0.5) is 14.5 Å². The van der Waals surface area contributed by atoms with E-state index in [0.717, 1.165) is 57.1 Å². The van der Waals surface area contributed by atoms with E-state index in [9.17, 15) is 13.6 Å². The van der Waals surface area contributed by atoms with Crippen molar-refractivity contribution in [3.05, 3.63) is 65.5 Å². The largest absolute Gasteiger partial charge is 0.395 e. The molecule has 2 fully saturated rings. The number of carbonyl (C=O) groups excluding carboxylic acids is 1. The van der Waals surface area contributed by atoms with Crippen LogP contribution in [0.2, 0.25) is 0 Å². The van der Waals surface area contributed by atoms with Crippen molar-refractivity contribution in [2.75, 3.05) is 37.7 Å². The summed E-state index contributed by atoms with van der Waals surface area (Å²) in [7, 11) is 0. The molecule has 2 aromatic heterocycles. The van der Waals surface area contributed by atoms with Gasteiger partial charge in [0, 0.05) is 49.7 Å². The number of nitrogens with zero attached hydrogens (tertiary/aromatic N) is 4. The lowest BCUT2D eigenvalue weighted by atomic mass is 10.0. The number of aromatic nitrogens is 2. The van der Waals surface area contributed by atoms with Crippen LogP contribution in [-0.4, -0.2) is 64.4 Å². The number of aliphatic hydroxyl groups is 1. The van der Waals surface area contributed by atoms with Crippen LogP contribution in [0.3, 0.4) is 0 Å². The van der Waals surface area contributed by atoms with Crippen molar-refractivity contribution >= 4 is 17.1 Å². The average molecular weight is 470 g/mol. The molecule has 2 aliphatic rings. The van der Waals surface area contributed by atoms with Gasteiger partial charge < -0.3 is 20.2 Å². The highest BCUT2D eigenvalue weighted by atomic mass is 19.1. The zero-order valence-corrected chi connectivity index (χ0v) is 19.0. The first-order valence-electron chi connectivity index (χ1n) is 11.9. The summed E-state index contributed by atoms with van der Waals surface area (Å²) in [5.41, 5.74) is 2.38. The van der Waals surface area contributed by atoms with Crippen molar-refractivity contribution in [2.24, 2.45) is 0 Å². The molecule has 1 amide bonds. The smallest absolute Gasteiger partial charge is 0.255 e. The average Bonchev–Trinajstić information content (AvgIpc) is 3.49. The molecule has 1 atom stereocenters. The van der Waals surface area contributed by atoms with E-state index < -0.39 is 11.6 Å². The predicted molar refractivity (Wildman–Crippen MR) is 125 cm³/mol. The maximum atomic E-state index is 14.5. The van der Waals surface area contributed by atoms with E-state index in [1.54, 1.807) is 16.9 Å². The Morgan fingerprint density at radius 1 is 1.12 bits per heavy atom. The fourth-order valence-corrected chi connectivity index (χ4v) is 5.20. The minimum atomic E-state index is -0.448. The number of β-amino-alcohol motifs (C(OH)–C–C–N with tert-alkyl or cyclic N) is 1. The van der Waals surface area contributed by atoms with Gasteiger partial charge >= 0.3 is 0 Å². The standard InChI is InChI=1S/C25H29F2N5O2/c26-17-3-4-22(27)20(14-17)23-2-1-8-31(23)19-7-11-32-24(15-19)21(16-28-32)25(34)29-18-5-9-30(10-6-18)12-13-33/h3-4,7,11,14-16,18,23,33H,1-2,5-6,8-10,12-13H2,(H,29,34). The molecule has 0 saturated carbocycles. The number of nitrogens with one attached hydrogen (secondary N) is 1. The summed E-state index contributed by atoms with van der Waals surface area (Å²) in [4.78, 5) is 17.3. The molecule has 5 rings (SSSR count). The van der Waals surface area contributed by atoms with Crippen molar-refractivity contribution in [1.29, 1.82) is 0 Å². The van der Waals surface area contributed by atoms with Gasteiger partial charge in [-0.05, 0) is 56.0 Å². The van der Waals surface area contributed by atoms with Gasteiger partial charge in [0.05, 0.1) is 29.9 Å². The molecular weight excluding hydrogens is 440 g/mol. The lowest BCUT2D eigenvalue weighted by molar-refractivity contribution is 0.0904. The SMILES string of the molecule is O=C(NC1CCN(CCO)CC1)c1cnn2ccc(N3CCCC3c3cc(F)ccc3F)cc12. The van der Waals surface area contributed by atoms with Crippen LogP contribution < -0.4 is 10.2 Å². The third-order valence-electron chi connectivity index (χ3n) is 6.99. The van der Waals surface area contributed by atoms with E-state index in [-0.39, 0.29) is 24.6 Å². The number of amides is 1. The fourth-order valence-electron chi connectivity index (χ4n) is 5.20. The van der Waals surface area contributed by atoms with E-state index in [1.165, 1.54) is 12.1 Å². The molecule has 7 nitrogen and oxygen atoms in total. The summed E-state index contributed by atoms with van der Waals surface area (Å²) in [5, 5.41) is 16.6. The molecule has 0 aliphatic carbocycles. The van der Waals surface area contributed by atoms with Crippen molar-refractivity contribution in [3.8, 4) is 0 Å². The van der Waals surface area contributed by atoms with Crippen LogP contribution in [-0.2, 0) is 0 Å². The second-order valence-electron chi connectivity index (χ2n) is 9.10. The van der Waals surface area contributed by atoms with Crippen LogP contribution >= 0.6 is 0 Å². The lowest BCUT2D eigenvalue weighted by Gasteiger charge is -2.31. The zero-order valence-electron chi connectivity index (χ0n) is 19.0. The molecule has 34 heavy (non-hydrogen) atoms. The summed E-state index contributed by atoms with van der Waals surface area (Å²) >= 11 is 0. The molecule has 0 bridgehead atoms. The van der Waals surface area contributed by atoms with Gasteiger partial charge in [-0.2, -0.15) is 5.10 Å². The molecule has 180 valence electrons. The summed E-state index contributed by atoms with van der Waals surface area (Å²) in [6.45, 7) is 3.22. The number of hydrogen-bond acceptors (Lipinski definition) is 5. The molecule has 4 heterocycles. The number of aliphatic hydroxyl groups excluding tert-OH is 1. The van der Waals surface area contributed by atoms with E-state index in [4.69, 9.17) is 5.11 Å². The lowest BCUT2D eigenvalue weighted by Crippen LogP contribution is -2.45. The molecular formula is C25H29F2N5O2. The van der Waals surface area contributed by atoms with Crippen LogP contribution in [0.25, 0.3) is 5.52 Å². The third-order valence-corrected chi connectivity index (χ3v) is 6.99. The van der Waals surface area contributed by atoms with Gasteiger partial charge in [-0.15, -0.1) is 0 Å². The number of fused-ring (bicyclic) bond motifs is 1. The number of piperidine rings is 1. The zero-order chi connectivity index (χ0) is 23.7. The van der Waals surface area contributed by atoms with E-state index in [2.05, 4.69) is 20.2 Å². The van der Waals surface area contributed by atoms with Gasteiger partial charge in [0.1, 0.15) is 11.6 Å². The number of likely N-dealkylation sites (tertiary alicyclic amines) is 1. The summed E-state index contributed by atoms with van der Waals surface area (Å²) < 4.78 is 30.0. The molecule has 0 spiro atoms. The van der Waals surface area contributed by atoms with Crippen LogP contribution in [0, 0.1) is 11.6 Å². The topological polar surface area (TPSA) is 73.1 Å². The molecule has 1 aromatic carbocycles. The molecule has 2 N–H and O–H groups in total. The molecule has 2 saturated heterocycles. The Morgan fingerprint density at radius 2 is 1.94 bits per heavy atom. The first-order chi connectivity index (χ1) is 16.5. The summed E-state index contributed by atoms with van der Waals surface area (Å²) in [5.74, 6) is -1.02. The second kappa shape index (κ2) is 9.68. The number of hydrogen-bond donors (Lipinski definition) is 2. The maximum absolute atomic E-state index is 14.5. The minimum Gasteiger partial charge on any atom is -0.395 e. The van der Waals surface area contributed by atoms with Crippen molar-refractivity contribution < 1.29 is 18.7 Å². The highest BCUT2D eigenvalue weighted by Gasteiger charge is 2.29. The van der Waals surface area contributed by atoms with Gasteiger partial charge in [0.2, 0.25) is 0 Å². The van der Waals surface area contributed by atoms with Crippen LogP contribution in [0.15, 0.2) is 42.7 Å². The molecule has 0 radical (unpaired) electrons. The number of rotatable bonds is 6. The maximum Gasteiger partial charge on any atom is 0.255 e. The Balaban J connectivity index is 1.36. The Bertz CT molecular complexity index is 1180. The number of anilines is 1. The predicted octanol–water partition coefficient (Wildman–Crippen LogP) is 3.14. The highest BCUT2D eigenvalue weighted by Crippen LogP contribution is 2.38. The monoisotopic (exact) mass is 469 g/mol. The Morgan fingerprint density at radius 3 is 2.74 bits per heavy atom. The number of pyridine rings is 1. The normalized spacial score (nSPS) is 19.7. The number of halogens is 2.